The molecule has 0 amide bonds. The molecule has 1 aliphatic carbocycles. The molecule has 1 aliphatic heterocycles. The molecule has 3 rings (SSSR count). The Morgan fingerprint density at radius 3 is 2.61 bits per heavy atom. The molecule has 0 bridgehead atoms. The maximum Gasteiger partial charge on any atom is 0.191 e. The zero-order valence-corrected chi connectivity index (χ0v) is 14.2. The average molecular weight is 315 g/mol. The summed E-state index contributed by atoms with van der Waals surface area (Å²) in [6.07, 6.45) is 9.77. The van der Waals surface area contributed by atoms with Gasteiger partial charge in [0.2, 0.25) is 0 Å². The highest BCUT2D eigenvalue weighted by Gasteiger charge is 2.22. The second-order valence-electron chi connectivity index (χ2n) is 6.54. The second kappa shape index (κ2) is 8.18. The topological polar surface area (TPSA) is 52.6 Å². The van der Waals surface area contributed by atoms with Crippen LogP contribution in [0.1, 0.15) is 51.0 Å². The van der Waals surface area contributed by atoms with Crippen molar-refractivity contribution in [2.45, 2.75) is 58.0 Å². The minimum absolute atomic E-state index is 0.622. The molecule has 1 saturated heterocycles. The van der Waals surface area contributed by atoms with E-state index in [0.717, 1.165) is 37.0 Å². The number of rotatable bonds is 5. The van der Waals surface area contributed by atoms with Gasteiger partial charge in [-0.15, -0.1) is 0 Å². The SMILES string of the molecule is CCNC(=NCc1ccc(N2CCCCCC2)nc1)NC1CC1. The van der Waals surface area contributed by atoms with Gasteiger partial charge in [0, 0.05) is 31.9 Å². The van der Waals surface area contributed by atoms with Crippen LogP contribution >= 0.6 is 0 Å². The lowest BCUT2D eigenvalue weighted by molar-refractivity contribution is 0.726. The molecule has 5 nitrogen and oxygen atoms in total. The number of aliphatic imine (C=N–C) groups is 1. The number of hydrogen-bond acceptors (Lipinski definition) is 3. The van der Waals surface area contributed by atoms with E-state index in [0.29, 0.717) is 12.6 Å². The minimum atomic E-state index is 0.622. The zero-order chi connectivity index (χ0) is 15.9. The number of pyridine rings is 1. The molecule has 0 aromatic carbocycles. The molecular formula is C18H29N5. The fourth-order valence-corrected chi connectivity index (χ4v) is 2.91. The molecule has 23 heavy (non-hydrogen) atoms. The fraction of sp³-hybridized carbons (Fsp3) is 0.667. The van der Waals surface area contributed by atoms with Crippen LogP contribution in [-0.2, 0) is 6.54 Å². The summed E-state index contributed by atoms with van der Waals surface area (Å²) in [7, 11) is 0. The first-order valence-corrected chi connectivity index (χ1v) is 9.10. The normalized spacial score (nSPS) is 19.3. The van der Waals surface area contributed by atoms with Crippen LogP contribution in [0.5, 0.6) is 0 Å². The van der Waals surface area contributed by atoms with E-state index in [1.54, 1.807) is 0 Å². The van der Waals surface area contributed by atoms with Gasteiger partial charge in [-0.25, -0.2) is 9.98 Å². The molecule has 1 aromatic rings. The van der Waals surface area contributed by atoms with Crippen molar-refractivity contribution in [1.82, 2.24) is 15.6 Å². The van der Waals surface area contributed by atoms with Crippen molar-refractivity contribution in [1.29, 1.82) is 0 Å². The van der Waals surface area contributed by atoms with Crippen LogP contribution in [0, 0.1) is 0 Å². The lowest BCUT2D eigenvalue weighted by Crippen LogP contribution is -2.38. The predicted molar refractivity (Wildman–Crippen MR) is 95.9 cm³/mol. The Morgan fingerprint density at radius 2 is 2.00 bits per heavy atom. The summed E-state index contributed by atoms with van der Waals surface area (Å²) < 4.78 is 0. The first-order chi connectivity index (χ1) is 11.3. The minimum Gasteiger partial charge on any atom is -0.357 e. The highest BCUT2D eigenvalue weighted by molar-refractivity contribution is 5.80. The molecular weight excluding hydrogens is 286 g/mol. The molecule has 0 radical (unpaired) electrons. The van der Waals surface area contributed by atoms with Gasteiger partial charge in [-0.05, 0) is 44.2 Å². The van der Waals surface area contributed by atoms with Crippen molar-refractivity contribution in [3.8, 4) is 0 Å². The maximum atomic E-state index is 4.66. The van der Waals surface area contributed by atoms with Gasteiger partial charge in [-0.3, -0.25) is 0 Å². The number of aromatic nitrogens is 1. The van der Waals surface area contributed by atoms with Crippen LogP contribution in [0.2, 0.25) is 0 Å². The van der Waals surface area contributed by atoms with E-state index in [1.807, 2.05) is 6.20 Å². The van der Waals surface area contributed by atoms with Crippen molar-refractivity contribution in [2.75, 3.05) is 24.5 Å². The highest BCUT2D eigenvalue weighted by Crippen LogP contribution is 2.19. The van der Waals surface area contributed by atoms with Crippen molar-refractivity contribution in [2.24, 2.45) is 4.99 Å². The Bertz CT molecular complexity index is 499. The van der Waals surface area contributed by atoms with E-state index in [2.05, 4.69) is 44.6 Å². The number of nitrogens with zero attached hydrogens (tertiary/aromatic N) is 3. The Morgan fingerprint density at radius 1 is 1.22 bits per heavy atom. The lowest BCUT2D eigenvalue weighted by atomic mass is 10.2. The summed E-state index contributed by atoms with van der Waals surface area (Å²) in [4.78, 5) is 11.7. The van der Waals surface area contributed by atoms with Gasteiger partial charge in [-0.2, -0.15) is 0 Å². The first-order valence-electron chi connectivity index (χ1n) is 9.10. The quantitative estimate of drug-likeness (QED) is 0.648. The van der Waals surface area contributed by atoms with E-state index < -0.39 is 0 Å². The van der Waals surface area contributed by atoms with Crippen molar-refractivity contribution in [3.05, 3.63) is 23.9 Å². The van der Waals surface area contributed by atoms with Gasteiger partial charge < -0.3 is 15.5 Å². The second-order valence-corrected chi connectivity index (χ2v) is 6.54. The Kier molecular flexibility index (Phi) is 5.72. The average Bonchev–Trinajstić information content (AvgIpc) is 3.40. The van der Waals surface area contributed by atoms with Crippen LogP contribution in [0.25, 0.3) is 0 Å². The van der Waals surface area contributed by atoms with E-state index in [1.165, 1.54) is 38.5 Å². The van der Waals surface area contributed by atoms with Gasteiger partial charge in [0.15, 0.2) is 5.96 Å². The molecule has 2 N–H and O–H groups in total. The van der Waals surface area contributed by atoms with Gasteiger partial charge in [0.05, 0.1) is 6.54 Å². The van der Waals surface area contributed by atoms with Crippen LogP contribution in [0.3, 0.4) is 0 Å². The third-order valence-electron chi connectivity index (χ3n) is 4.42. The maximum absolute atomic E-state index is 4.66. The van der Waals surface area contributed by atoms with E-state index in [4.69, 9.17) is 0 Å². The summed E-state index contributed by atoms with van der Waals surface area (Å²) in [5.74, 6) is 2.04. The van der Waals surface area contributed by atoms with Gasteiger partial charge in [0.1, 0.15) is 5.82 Å². The molecule has 0 spiro atoms. The van der Waals surface area contributed by atoms with E-state index in [9.17, 15) is 0 Å². The Labute approximate surface area is 139 Å². The van der Waals surface area contributed by atoms with Gasteiger partial charge in [-0.1, -0.05) is 18.9 Å². The summed E-state index contributed by atoms with van der Waals surface area (Å²) in [5.41, 5.74) is 1.16. The molecule has 2 aliphatic rings. The summed E-state index contributed by atoms with van der Waals surface area (Å²) in [5, 5.41) is 6.75. The standard InChI is InChI=1S/C18H29N5/c1-2-19-18(22-16-8-9-16)21-14-15-7-10-17(20-13-15)23-11-5-3-4-6-12-23/h7,10,13,16H,2-6,8-9,11-12,14H2,1H3,(H2,19,21,22). The van der Waals surface area contributed by atoms with Crippen molar-refractivity contribution in [3.63, 3.8) is 0 Å². The summed E-state index contributed by atoms with van der Waals surface area (Å²) in [6, 6.07) is 4.94. The van der Waals surface area contributed by atoms with Gasteiger partial charge in [0.25, 0.3) is 0 Å². The Balaban J connectivity index is 1.57. The molecule has 126 valence electrons. The number of anilines is 1. The molecule has 0 unspecified atom stereocenters. The predicted octanol–water partition coefficient (Wildman–Crippen LogP) is 2.68. The lowest BCUT2D eigenvalue weighted by Gasteiger charge is -2.21. The number of nitrogens with one attached hydrogen (secondary N) is 2. The molecule has 2 heterocycles. The molecule has 0 atom stereocenters. The molecule has 2 fully saturated rings. The third-order valence-corrected chi connectivity index (χ3v) is 4.42. The largest absolute Gasteiger partial charge is 0.357 e. The molecule has 1 saturated carbocycles. The van der Waals surface area contributed by atoms with E-state index >= 15 is 0 Å². The zero-order valence-electron chi connectivity index (χ0n) is 14.2. The first kappa shape index (κ1) is 16.1. The fourth-order valence-electron chi connectivity index (χ4n) is 2.91. The Hall–Kier alpha value is -1.78. The highest BCUT2D eigenvalue weighted by atomic mass is 15.2. The molecule has 1 aromatic heterocycles. The number of guanidine groups is 1. The van der Waals surface area contributed by atoms with Crippen molar-refractivity contribution < 1.29 is 0 Å². The van der Waals surface area contributed by atoms with Crippen LogP contribution in [0.4, 0.5) is 5.82 Å². The molecule has 5 heteroatoms. The third kappa shape index (κ3) is 5.12. The van der Waals surface area contributed by atoms with Crippen LogP contribution < -0.4 is 15.5 Å². The van der Waals surface area contributed by atoms with Gasteiger partial charge >= 0.3 is 0 Å². The monoisotopic (exact) mass is 315 g/mol. The smallest absolute Gasteiger partial charge is 0.191 e. The summed E-state index contributed by atoms with van der Waals surface area (Å²) in [6.45, 7) is 5.95. The van der Waals surface area contributed by atoms with Crippen molar-refractivity contribution >= 4 is 11.8 Å². The van der Waals surface area contributed by atoms with Crippen LogP contribution in [-0.4, -0.2) is 36.6 Å². The number of hydrogen-bond donors (Lipinski definition) is 2. The van der Waals surface area contributed by atoms with Crippen LogP contribution in [0.15, 0.2) is 23.3 Å². The summed E-state index contributed by atoms with van der Waals surface area (Å²) >= 11 is 0. The van der Waals surface area contributed by atoms with E-state index in [-0.39, 0.29) is 0 Å².